The van der Waals surface area contributed by atoms with Crippen molar-refractivity contribution in [1.82, 2.24) is 0 Å². The Morgan fingerprint density at radius 2 is 1.56 bits per heavy atom. The van der Waals surface area contributed by atoms with Crippen LogP contribution in [0.15, 0.2) is 74.6 Å². The monoisotopic (exact) mass is 518 g/mol. The van der Waals surface area contributed by atoms with Crippen molar-refractivity contribution >= 4 is 12.5 Å². The van der Waals surface area contributed by atoms with Crippen molar-refractivity contribution in [2.45, 2.75) is 66.8 Å². The van der Waals surface area contributed by atoms with Crippen LogP contribution >= 0.6 is 0 Å². The van der Waals surface area contributed by atoms with Crippen molar-refractivity contribution in [3.63, 3.8) is 0 Å². The van der Waals surface area contributed by atoms with Crippen LogP contribution in [-0.2, 0) is 23.8 Å². The fourth-order valence-corrected chi connectivity index (χ4v) is 25.0. The first-order chi connectivity index (χ1) is 15.0. The van der Waals surface area contributed by atoms with E-state index >= 15 is 0 Å². The van der Waals surface area contributed by atoms with Crippen molar-refractivity contribution in [3.05, 3.63) is 96.9 Å². The Morgan fingerprint density at radius 1 is 0.906 bits per heavy atom. The molecule has 0 fully saturated rings. The van der Waals surface area contributed by atoms with Gasteiger partial charge in [-0.15, -0.1) is 0 Å². The molecule has 0 radical (unpaired) electrons. The summed E-state index contributed by atoms with van der Waals surface area (Å²) in [5.74, 6) is 0.593. The molecule has 0 saturated heterocycles. The third-order valence-electron chi connectivity index (χ3n) is 8.53. The molecule has 0 saturated carbocycles. The zero-order valence-electron chi connectivity index (χ0n) is 21.2. The Hall–Kier alpha value is -1.24. The fourth-order valence-electron chi connectivity index (χ4n) is 6.47. The maximum absolute atomic E-state index is 3.32. The number of unbranched alkanes of at least 4 members (excludes halogenated alkanes) is 1. The summed E-state index contributed by atoms with van der Waals surface area (Å²) in [6.45, 7) is 14.2. The second-order valence-electron chi connectivity index (χ2n) is 11.3. The number of rotatable bonds is 6. The van der Waals surface area contributed by atoms with Gasteiger partial charge < -0.3 is 0 Å². The van der Waals surface area contributed by atoms with Crippen LogP contribution in [0.5, 0.6) is 0 Å². The van der Waals surface area contributed by atoms with Gasteiger partial charge in [-0.05, 0) is 0 Å². The average Bonchev–Trinajstić information content (AvgIpc) is 3.25. The SMILES string of the molecule is CCCCc1ccc(C2=C[CH]([Zr]([CH3])([CH3])(=[SiH2])[C]3=C(C)C(C)=C(C)C3C)c3ccccc32)cc1. The zero-order chi connectivity index (χ0) is 23.3. The molecule has 2 aromatic carbocycles. The molecule has 32 heavy (non-hydrogen) atoms. The summed E-state index contributed by atoms with van der Waals surface area (Å²) >= 11 is -3.32. The van der Waals surface area contributed by atoms with E-state index in [0.29, 0.717) is 9.54 Å². The fraction of sp³-hybridized carbons (Fsp3) is 0.400. The second kappa shape index (κ2) is 8.52. The van der Waals surface area contributed by atoms with Crippen LogP contribution in [0, 0.1) is 5.92 Å². The van der Waals surface area contributed by atoms with E-state index in [9.17, 15) is 0 Å². The van der Waals surface area contributed by atoms with Crippen LogP contribution in [0.1, 0.15) is 73.3 Å². The number of hydrogen-bond donors (Lipinski definition) is 0. The number of fused-ring (bicyclic) bond motifs is 1. The average molecular weight is 520 g/mol. The van der Waals surface area contributed by atoms with E-state index in [4.69, 9.17) is 0 Å². The van der Waals surface area contributed by atoms with E-state index in [1.54, 1.807) is 22.3 Å². The summed E-state index contributed by atoms with van der Waals surface area (Å²) in [5, 5.41) is 0. The van der Waals surface area contributed by atoms with Gasteiger partial charge >= 0.3 is 199 Å². The molecule has 4 rings (SSSR count). The van der Waals surface area contributed by atoms with Crippen LogP contribution in [-0.4, -0.2) is 6.88 Å². The van der Waals surface area contributed by atoms with E-state index in [1.807, 2.05) is 3.28 Å². The summed E-state index contributed by atoms with van der Waals surface area (Å²) < 4.78 is 7.80. The summed E-state index contributed by atoms with van der Waals surface area (Å²) in [6, 6.07) is 18.7. The van der Waals surface area contributed by atoms with Crippen molar-refractivity contribution in [2.24, 2.45) is 5.92 Å². The van der Waals surface area contributed by atoms with Gasteiger partial charge in [0, 0.05) is 0 Å². The minimum atomic E-state index is -3.32. The summed E-state index contributed by atoms with van der Waals surface area (Å²) in [5.41, 5.74) is 12.0. The first-order valence-corrected chi connectivity index (χ1v) is 25.9. The zero-order valence-corrected chi connectivity index (χ0v) is 25.1. The second-order valence-corrected chi connectivity index (χ2v) is 40.9. The molecule has 168 valence electrons. The normalized spacial score (nSPS) is 21.3. The van der Waals surface area contributed by atoms with Crippen molar-refractivity contribution in [1.29, 1.82) is 0 Å². The molecule has 2 aromatic rings. The molecule has 0 nitrogen and oxygen atoms in total. The number of hydrogen-bond acceptors (Lipinski definition) is 0. The molecular formula is C30H40SiZr. The molecule has 2 unspecified atom stereocenters. The molecular weight excluding hydrogens is 480 g/mol. The van der Waals surface area contributed by atoms with Crippen LogP contribution in [0.4, 0.5) is 0 Å². The molecule has 2 aliphatic carbocycles. The third kappa shape index (κ3) is 3.86. The molecule has 0 spiro atoms. The van der Waals surface area contributed by atoms with Crippen LogP contribution in [0.25, 0.3) is 5.57 Å². The molecule has 0 amide bonds. The summed E-state index contributed by atoms with van der Waals surface area (Å²) in [7, 11) is 0. The topological polar surface area (TPSA) is 0 Å². The van der Waals surface area contributed by atoms with Gasteiger partial charge in [-0.1, -0.05) is 0 Å². The molecule has 0 aliphatic heterocycles. The number of allylic oxidation sites excluding steroid dienone is 5. The quantitative estimate of drug-likeness (QED) is 0.338. The standard InChI is InChI=1S/C19H19.C9H13.2CH3.H2Si.Zr/c1-2-3-6-15-9-11-17(12-10-15)19-14-13-16-7-4-5-8-18(16)19;1-6-5-7(2)9(4)8(6)3;;;;/h4-5,7-14H,2-3,6H2,1H3;6H,1-4H3;2*1H3;1H2;. The Kier molecular flexibility index (Phi) is 6.36. The van der Waals surface area contributed by atoms with Gasteiger partial charge in [-0.2, -0.15) is 0 Å². The van der Waals surface area contributed by atoms with Crippen LogP contribution in [0.2, 0.25) is 9.26 Å². The Morgan fingerprint density at radius 3 is 2.16 bits per heavy atom. The van der Waals surface area contributed by atoms with Crippen LogP contribution < -0.4 is 0 Å². The summed E-state index contributed by atoms with van der Waals surface area (Å²) in [6.07, 6.45) is 6.38. The Labute approximate surface area is 198 Å². The van der Waals surface area contributed by atoms with E-state index in [0.717, 1.165) is 0 Å². The van der Waals surface area contributed by atoms with E-state index in [-0.39, 0.29) is 0 Å². The van der Waals surface area contributed by atoms with Crippen molar-refractivity contribution < 1.29 is 17.4 Å². The Balaban J connectivity index is 1.82. The van der Waals surface area contributed by atoms with Gasteiger partial charge in [-0.3, -0.25) is 0 Å². The van der Waals surface area contributed by atoms with Gasteiger partial charge in [0.05, 0.1) is 0 Å². The summed E-state index contributed by atoms with van der Waals surface area (Å²) in [4.78, 5) is 0. The minimum absolute atomic E-state index is 0.562. The number of aryl methyl sites for hydroxylation is 1. The van der Waals surface area contributed by atoms with E-state index < -0.39 is 17.4 Å². The van der Waals surface area contributed by atoms with Gasteiger partial charge in [0.15, 0.2) is 0 Å². The third-order valence-corrected chi connectivity index (χ3v) is 25.8. The van der Waals surface area contributed by atoms with Crippen molar-refractivity contribution in [3.8, 4) is 0 Å². The van der Waals surface area contributed by atoms with Gasteiger partial charge in [0.25, 0.3) is 0 Å². The van der Waals surface area contributed by atoms with Crippen LogP contribution in [0.3, 0.4) is 0 Å². The van der Waals surface area contributed by atoms with Gasteiger partial charge in [0.1, 0.15) is 0 Å². The van der Waals surface area contributed by atoms with Gasteiger partial charge in [0.2, 0.25) is 0 Å². The predicted molar refractivity (Wildman–Crippen MR) is 142 cm³/mol. The molecule has 2 aliphatic rings. The Bertz CT molecular complexity index is 1210. The predicted octanol–water partition coefficient (Wildman–Crippen LogP) is 8.11. The molecule has 0 heterocycles. The maximum atomic E-state index is 2.70. The van der Waals surface area contributed by atoms with E-state index in [2.05, 4.69) is 105 Å². The molecule has 0 aromatic heterocycles. The molecule has 2 heteroatoms. The van der Waals surface area contributed by atoms with Gasteiger partial charge in [-0.25, -0.2) is 0 Å². The molecule has 0 bridgehead atoms. The number of benzene rings is 2. The first-order valence-electron chi connectivity index (χ1n) is 12.4. The van der Waals surface area contributed by atoms with E-state index in [1.165, 1.54) is 41.5 Å². The molecule has 0 N–H and O–H groups in total. The molecule has 2 atom stereocenters. The first kappa shape index (κ1) is 23.9. The van der Waals surface area contributed by atoms with Crippen molar-refractivity contribution in [2.75, 3.05) is 0 Å².